The van der Waals surface area contributed by atoms with E-state index in [9.17, 15) is 28.8 Å². The Hall–Kier alpha value is -4.16. The van der Waals surface area contributed by atoms with Gasteiger partial charge in [0.05, 0.1) is 7.11 Å². The van der Waals surface area contributed by atoms with Crippen LogP contribution in [0, 0.1) is 23.7 Å². The van der Waals surface area contributed by atoms with Crippen LogP contribution in [-0.2, 0) is 39.9 Å². The van der Waals surface area contributed by atoms with Crippen molar-refractivity contribution in [2.24, 2.45) is 23.7 Å². The lowest BCUT2D eigenvalue weighted by molar-refractivity contribution is -0.146. The molecule has 5 atom stereocenters. The van der Waals surface area contributed by atoms with Crippen molar-refractivity contribution < 1.29 is 38.2 Å². The molecule has 0 heterocycles. The van der Waals surface area contributed by atoms with Crippen LogP contribution in [0.15, 0.2) is 30.3 Å². The molecule has 13 heteroatoms. The molecule has 0 spiro atoms. The lowest BCUT2D eigenvalue weighted by Crippen LogP contribution is -2.60. The Kier molecular flexibility index (Phi) is 18.9. The lowest BCUT2D eigenvalue weighted by atomic mass is 9.96. The minimum Gasteiger partial charge on any atom is -0.467 e. The third-order valence-electron chi connectivity index (χ3n) is 8.13. The van der Waals surface area contributed by atoms with Crippen LogP contribution in [0.3, 0.4) is 0 Å². The fourth-order valence-corrected chi connectivity index (χ4v) is 5.84. The Labute approximate surface area is 311 Å². The number of alkyl carbamates (subject to hydrolysis) is 1. The summed E-state index contributed by atoms with van der Waals surface area (Å²) in [6.45, 7) is 20.2. The van der Waals surface area contributed by atoms with E-state index in [1.807, 2.05) is 71.9 Å². The second kappa shape index (κ2) is 21.4. The number of hydrogen-bond acceptors (Lipinski definition) is 8. The highest BCUT2D eigenvalue weighted by molar-refractivity contribution is 5.96. The van der Waals surface area contributed by atoms with E-state index in [1.165, 1.54) is 19.1 Å². The fourth-order valence-electron chi connectivity index (χ4n) is 5.84. The van der Waals surface area contributed by atoms with Crippen LogP contribution in [0.5, 0.6) is 0 Å². The summed E-state index contributed by atoms with van der Waals surface area (Å²) in [5.74, 6) is -3.10. The van der Waals surface area contributed by atoms with E-state index in [2.05, 4.69) is 21.3 Å². The number of nitrogens with one attached hydrogen (secondary N) is 4. The summed E-state index contributed by atoms with van der Waals surface area (Å²) in [5, 5.41) is 11.1. The van der Waals surface area contributed by atoms with Crippen LogP contribution < -0.4 is 21.3 Å². The van der Waals surface area contributed by atoms with Crippen molar-refractivity contribution in [2.75, 3.05) is 14.2 Å². The highest BCUT2D eigenvalue weighted by Crippen LogP contribution is 2.17. The van der Waals surface area contributed by atoms with E-state index >= 15 is 0 Å². The van der Waals surface area contributed by atoms with Gasteiger partial charge < -0.3 is 35.6 Å². The van der Waals surface area contributed by atoms with E-state index in [0.717, 1.165) is 5.56 Å². The number of ether oxygens (including phenoxy) is 2. The van der Waals surface area contributed by atoms with E-state index in [1.54, 1.807) is 34.6 Å². The number of rotatable bonds is 19. The first-order chi connectivity index (χ1) is 24.1. The highest BCUT2D eigenvalue weighted by Gasteiger charge is 2.38. The monoisotopic (exact) mass is 731 g/mol. The van der Waals surface area contributed by atoms with Crippen molar-refractivity contribution in [1.82, 2.24) is 26.2 Å². The van der Waals surface area contributed by atoms with Gasteiger partial charge in [-0.3, -0.25) is 19.2 Å². The largest absolute Gasteiger partial charge is 0.467 e. The van der Waals surface area contributed by atoms with Gasteiger partial charge in [0.15, 0.2) is 0 Å². The third-order valence-corrected chi connectivity index (χ3v) is 8.13. The number of esters is 1. The molecule has 0 aliphatic rings. The van der Waals surface area contributed by atoms with E-state index in [4.69, 9.17) is 9.47 Å². The number of amides is 5. The standard InChI is InChI=1S/C39H65N5O8/c1-23(2)19-28(33(45)42-31(37(49)51-13)22-27-17-15-14-16-18-27)40-35(47)32(26(7)8)44(12)36(48)30(21-25(5)6)41-34(46)29(20-24(3)4)43-38(50)52-39(9,10)11/h14-18,23-26,28-32H,19-22H2,1-13H3,(H,40,47)(H,41,46)(H,42,45)(H,43,50)/t28-,29-,30-,31-,32+/m0/s1. The minimum atomic E-state index is -1.01. The summed E-state index contributed by atoms with van der Waals surface area (Å²) in [7, 11) is 2.75. The van der Waals surface area contributed by atoms with Crippen LogP contribution >= 0.6 is 0 Å². The molecular formula is C39H65N5O8. The van der Waals surface area contributed by atoms with Crippen molar-refractivity contribution in [3.63, 3.8) is 0 Å². The molecule has 0 aromatic heterocycles. The fraction of sp³-hybridized carbons (Fsp3) is 0.692. The molecule has 1 aromatic carbocycles. The normalized spacial score (nSPS) is 14.6. The molecule has 0 aliphatic carbocycles. The van der Waals surface area contributed by atoms with Gasteiger partial charge in [-0.05, 0) is 69.3 Å². The molecule has 5 amide bonds. The molecule has 1 aromatic rings. The quantitative estimate of drug-likeness (QED) is 0.152. The molecule has 4 N–H and O–H groups in total. The van der Waals surface area contributed by atoms with Gasteiger partial charge >= 0.3 is 12.1 Å². The molecule has 294 valence electrons. The number of carbonyl (C=O) groups excluding carboxylic acids is 6. The Morgan fingerprint density at radius 1 is 0.654 bits per heavy atom. The van der Waals surface area contributed by atoms with Crippen molar-refractivity contribution in [3.05, 3.63) is 35.9 Å². The maximum Gasteiger partial charge on any atom is 0.408 e. The number of carbonyl (C=O) groups is 6. The first kappa shape index (κ1) is 45.9. The predicted molar refractivity (Wildman–Crippen MR) is 201 cm³/mol. The highest BCUT2D eigenvalue weighted by atomic mass is 16.6. The van der Waals surface area contributed by atoms with Gasteiger partial charge in [-0.2, -0.15) is 0 Å². The maximum atomic E-state index is 14.1. The summed E-state index contributed by atoms with van der Waals surface area (Å²) >= 11 is 0. The molecular weight excluding hydrogens is 666 g/mol. The summed E-state index contributed by atoms with van der Waals surface area (Å²) in [4.78, 5) is 82.0. The smallest absolute Gasteiger partial charge is 0.408 e. The van der Waals surface area contributed by atoms with Crippen LogP contribution in [0.4, 0.5) is 4.79 Å². The Bertz CT molecular complexity index is 1330. The van der Waals surface area contributed by atoms with Crippen LogP contribution in [-0.4, -0.2) is 90.6 Å². The number of nitrogens with zero attached hydrogens (tertiary/aromatic N) is 1. The molecule has 0 bridgehead atoms. The first-order valence-electron chi connectivity index (χ1n) is 18.3. The minimum absolute atomic E-state index is 0.00248. The zero-order valence-corrected chi connectivity index (χ0v) is 33.6. The lowest BCUT2D eigenvalue weighted by Gasteiger charge is -2.35. The molecule has 1 rings (SSSR count). The molecule has 13 nitrogen and oxygen atoms in total. The zero-order chi connectivity index (χ0) is 39.9. The number of likely N-dealkylation sites (N-methyl/N-ethyl adjacent to an activating group) is 1. The molecule has 0 saturated heterocycles. The zero-order valence-electron chi connectivity index (χ0n) is 33.6. The summed E-state index contributed by atoms with van der Waals surface area (Å²) < 4.78 is 10.3. The average molecular weight is 732 g/mol. The van der Waals surface area contributed by atoms with Gasteiger partial charge in [0.1, 0.15) is 35.8 Å². The molecule has 52 heavy (non-hydrogen) atoms. The van der Waals surface area contributed by atoms with Gasteiger partial charge in [0.2, 0.25) is 23.6 Å². The topological polar surface area (TPSA) is 172 Å². The van der Waals surface area contributed by atoms with E-state index in [-0.39, 0.29) is 42.9 Å². The first-order valence-corrected chi connectivity index (χ1v) is 18.3. The van der Waals surface area contributed by atoms with Crippen molar-refractivity contribution in [3.8, 4) is 0 Å². The summed E-state index contributed by atoms with van der Waals surface area (Å²) in [6, 6.07) is 4.23. The van der Waals surface area contributed by atoms with Crippen molar-refractivity contribution in [1.29, 1.82) is 0 Å². The molecule has 0 radical (unpaired) electrons. The van der Waals surface area contributed by atoms with E-state index in [0.29, 0.717) is 6.42 Å². The van der Waals surface area contributed by atoms with Gasteiger partial charge in [0.25, 0.3) is 0 Å². The molecule has 0 aliphatic heterocycles. The number of hydrogen-bond donors (Lipinski definition) is 4. The second-order valence-corrected chi connectivity index (χ2v) is 16.1. The Balaban J connectivity index is 3.30. The maximum absolute atomic E-state index is 14.1. The van der Waals surface area contributed by atoms with Gasteiger partial charge in [-0.25, -0.2) is 9.59 Å². The van der Waals surface area contributed by atoms with Crippen LogP contribution in [0.25, 0.3) is 0 Å². The Morgan fingerprint density at radius 3 is 1.54 bits per heavy atom. The van der Waals surface area contributed by atoms with Crippen LogP contribution in [0.2, 0.25) is 0 Å². The molecule has 0 saturated carbocycles. The number of methoxy groups -OCH3 is 1. The molecule has 0 fully saturated rings. The number of benzene rings is 1. The van der Waals surface area contributed by atoms with Gasteiger partial charge in [-0.15, -0.1) is 0 Å². The molecule has 0 unspecified atom stereocenters. The van der Waals surface area contributed by atoms with Crippen molar-refractivity contribution >= 4 is 35.7 Å². The van der Waals surface area contributed by atoms with Gasteiger partial charge in [-0.1, -0.05) is 85.7 Å². The summed E-state index contributed by atoms with van der Waals surface area (Å²) in [6.07, 6.45) is 0.306. The summed E-state index contributed by atoms with van der Waals surface area (Å²) in [5.41, 5.74) is 0.0516. The van der Waals surface area contributed by atoms with Crippen molar-refractivity contribution in [2.45, 2.75) is 138 Å². The van der Waals surface area contributed by atoms with E-state index < -0.39 is 71.5 Å². The third kappa shape index (κ3) is 16.5. The predicted octanol–water partition coefficient (Wildman–Crippen LogP) is 4.37. The van der Waals surface area contributed by atoms with Crippen LogP contribution in [0.1, 0.15) is 101 Å². The average Bonchev–Trinajstić information content (AvgIpc) is 3.01. The Morgan fingerprint density at radius 2 is 1.10 bits per heavy atom. The SMILES string of the molecule is COC(=O)[C@H](Cc1ccccc1)NC(=O)[C@H](CC(C)C)NC(=O)[C@@H](C(C)C)N(C)C(=O)[C@H](CC(C)C)NC(=O)[C@H](CC(C)C)NC(=O)OC(C)(C)C. The van der Waals surface area contributed by atoms with Gasteiger partial charge in [0, 0.05) is 13.5 Å². The second-order valence-electron chi connectivity index (χ2n) is 16.1.